The van der Waals surface area contributed by atoms with Crippen LogP contribution in [0.3, 0.4) is 0 Å². The topological polar surface area (TPSA) is 97.1 Å². The van der Waals surface area contributed by atoms with Crippen LogP contribution in [0.15, 0.2) is 54.9 Å². The number of hydrogen-bond donors (Lipinski definition) is 2. The van der Waals surface area contributed by atoms with Crippen LogP contribution in [-0.2, 0) is 24.2 Å². The Kier molecular flexibility index (Phi) is 4.88. The molecule has 0 amide bonds. The maximum atomic E-state index is 11.6. The molecule has 156 valence electrons. The van der Waals surface area contributed by atoms with Gasteiger partial charge in [-0.15, -0.1) is 0 Å². The summed E-state index contributed by atoms with van der Waals surface area (Å²) < 4.78 is 4.72. The minimum absolute atomic E-state index is 0.348. The lowest BCUT2D eigenvalue weighted by Gasteiger charge is -2.27. The molecule has 1 aliphatic heterocycles. The average Bonchev–Trinajstić information content (AvgIpc) is 3.20. The average molecular weight is 413 g/mol. The van der Waals surface area contributed by atoms with Gasteiger partial charge in [-0.3, -0.25) is 0 Å². The van der Waals surface area contributed by atoms with Crippen molar-refractivity contribution in [3.8, 4) is 11.1 Å². The second-order valence-corrected chi connectivity index (χ2v) is 7.68. The van der Waals surface area contributed by atoms with Gasteiger partial charge in [0.05, 0.1) is 12.7 Å². The Morgan fingerprint density at radius 3 is 2.74 bits per heavy atom. The van der Waals surface area contributed by atoms with E-state index in [1.165, 1.54) is 41.7 Å². The number of ether oxygens (including phenoxy) is 1. The molecular weight excluding hydrogens is 390 g/mol. The van der Waals surface area contributed by atoms with Gasteiger partial charge in [-0.25, -0.2) is 14.8 Å². The molecule has 0 saturated heterocycles. The number of carbonyl (C=O) groups is 1. The van der Waals surface area contributed by atoms with Crippen molar-refractivity contribution in [2.45, 2.75) is 19.5 Å². The fourth-order valence-electron chi connectivity index (χ4n) is 4.15. The quantitative estimate of drug-likeness (QED) is 0.498. The van der Waals surface area contributed by atoms with Gasteiger partial charge in [0, 0.05) is 60.6 Å². The van der Waals surface area contributed by atoms with Gasteiger partial charge in [0.25, 0.3) is 0 Å². The van der Waals surface area contributed by atoms with E-state index in [1.54, 1.807) is 0 Å². The molecule has 7 nitrogen and oxygen atoms in total. The van der Waals surface area contributed by atoms with Gasteiger partial charge in [0.15, 0.2) is 0 Å². The van der Waals surface area contributed by atoms with Crippen molar-refractivity contribution in [2.24, 2.45) is 5.73 Å². The van der Waals surface area contributed by atoms with Gasteiger partial charge in [-0.05, 0) is 34.9 Å². The first-order chi connectivity index (χ1) is 15.2. The van der Waals surface area contributed by atoms with Gasteiger partial charge in [0.1, 0.15) is 0 Å². The van der Waals surface area contributed by atoms with E-state index in [-0.39, 0.29) is 0 Å². The highest BCUT2D eigenvalue weighted by Gasteiger charge is 2.23. The van der Waals surface area contributed by atoms with E-state index >= 15 is 0 Å². The number of nitrogens with two attached hydrogens (primary N) is 1. The first kappa shape index (κ1) is 19.3. The lowest BCUT2D eigenvalue weighted by molar-refractivity contribution is 0.0600. The number of carbonyl (C=O) groups excluding carboxylic acids is 1. The summed E-state index contributed by atoms with van der Waals surface area (Å²) in [4.78, 5) is 26.1. The van der Waals surface area contributed by atoms with Crippen LogP contribution in [0.1, 0.15) is 27.2 Å². The van der Waals surface area contributed by atoms with Crippen LogP contribution in [0, 0.1) is 0 Å². The molecule has 1 aliphatic rings. The smallest absolute Gasteiger partial charge is 0.341 e. The number of aromatic nitrogens is 3. The Hall–Kier alpha value is -3.71. The Balaban J connectivity index is 1.48. The Morgan fingerprint density at radius 2 is 1.97 bits per heavy atom. The lowest BCUT2D eigenvalue weighted by Crippen LogP contribution is -2.31. The van der Waals surface area contributed by atoms with Gasteiger partial charge >= 0.3 is 5.97 Å². The predicted molar refractivity (Wildman–Crippen MR) is 120 cm³/mol. The van der Waals surface area contributed by atoms with E-state index in [4.69, 9.17) is 10.5 Å². The number of benzene rings is 2. The molecule has 0 fully saturated rings. The number of fused-ring (bicyclic) bond motifs is 3. The van der Waals surface area contributed by atoms with E-state index < -0.39 is 5.97 Å². The summed E-state index contributed by atoms with van der Waals surface area (Å²) in [7, 11) is 1.35. The fourth-order valence-corrected chi connectivity index (χ4v) is 4.15. The second kappa shape index (κ2) is 7.85. The monoisotopic (exact) mass is 413 g/mol. The molecule has 2 aromatic carbocycles. The van der Waals surface area contributed by atoms with Gasteiger partial charge in [-0.2, -0.15) is 0 Å². The molecule has 2 aromatic heterocycles. The predicted octanol–water partition coefficient (Wildman–Crippen LogP) is 3.43. The van der Waals surface area contributed by atoms with Crippen molar-refractivity contribution in [3.63, 3.8) is 0 Å². The molecule has 7 heteroatoms. The number of anilines is 1. The Morgan fingerprint density at radius 1 is 1.16 bits per heavy atom. The third kappa shape index (κ3) is 3.53. The zero-order valence-electron chi connectivity index (χ0n) is 17.3. The number of hydrogen-bond acceptors (Lipinski definition) is 6. The minimum Gasteiger partial charge on any atom is -0.465 e. The van der Waals surface area contributed by atoms with Crippen LogP contribution in [0.4, 0.5) is 5.95 Å². The SMILES string of the molecule is COC(=O)c1cnc(N2CCc3[nH]c4ccc(-c5cccc(CN)c5)cc4c3C2)nc1. The molecule has 3 N–H and O–H groups in total. The van der Waals surface area contributed by atoms with E-state index in [9.17, 15) is 4.79 Å². The standard InChI is InChI=1S/C24H23N5O2/c1-31-23(30)18-12-26-24(27-13-18)29-8-7-22-20(14-29)19-10-17(5-6-21(19)28-22)16-4-2-3-15(9-16)11-25/h2-6,9-10,12-13,28H,7-8,11,14,25H2,1H3. The van der Waals surface area contributed by atoms with Crippen LogP contribution in [-0.4, -0.2) is 34.6 Å². The van der Waals surface area contributed by atoms with Gasteiger partial charge < -0.3 is 20.4 Å². The van der Waals surface area contributed by atoms with E-state index in [2.05, 4.69) is 50.2 Å². The largest absolute Gasteiger partial charge is 0.465 e. The second-order valence-electron chi connectivity index (χ2n) is 7.68. The molecule has 0 spiro atoms. The summed E-state index contributed by atoms with van der Waals surface area (Å²) >= 11 is 0. The minimum atomic E-state index is -0.435. The summed E-state index contributed by atoms with van der Waals surface area (Å²) in [5.74, 6) is 0.176. The number of methoxy groups -OCH3 is 1. The third-order valence-corrected chi connectivity index (χ3v) is 5.81. The van der Waals surface area contributed by atoms with Crippen molar-refractivity contribution in [2.75, 3.05) is 18.6 Å². The molecule has 31 heavy (non-hydrogen) atoms. The van der Waals surface area contributed by atoms with Gasteiger partial charge in [0.2, 0.25) is 5.95 Å². The van der Waals surface area contributed by atoms with E-state index in [1.807, 2.05) is 12.1 Å². The number of nitrogens with zero attached hydrogens (tertiary/aromatic N) is 3. The third-order valence-electron chi connectivity index (χ3n) is 5.81. The number of H-pyrrole nitrogens is 1. The molecule has 0 unspecified atom stereocenters. The molecule has 0 radical (unpaired) electrons. The molecule has 5 rings (SSSR count). The van der Waals surface area contributed by atoms with Crippen LogP contribution < -0.4 is 10.6 Å². The highest BCUT2D eigenvalue weighted by Crippen LogP contribution is 2.32. The molecule has 0 aliphatic carbocycles. The summed E-state index contributed by atoms with van der Waals surface area (Å²) in [5.41, 5.74) is 13.3. The summed E-state index contributed by atoms with van der Waals surface area (Å²) in [6.45, 7) is 2.04. The lowest BCUT2D eigenvalue weighted by atomic mass is 9.99. The number of rotatable bonds is 4. The Bertz CT molecular complexity index is 1260. The molecule has 0 atom stereocenters. The fraction of sp³-hybridized carbons (Fsp3) is 0.208. The summed E-state index contributed by atoms with van der Waals surface area (Å²) in [6.07, 6.45) is 3.91. The van der Waals surface area contributed by atoms with Crippen molar-refractivity contribution < 1.29 is 9.53 Å². The summed E-state index contributed by atoms with van der Waals surface area (Å²) in [6, 6.07) is 14.9. The van der Waals surface area contributed by atoms with Crippen molar-refractivity contribution in [3.05, 3.63) is 77.2 Å². The van der Waals surface area contributed by atoms with Crippen LogP contribution in [0.5, 0.6) is 0 Å². The molecular formula is C24H23N5O2. The van der Waals surface area contributed by atoms with Gasteiger partial charge in [-0.1, -0.05) is 24.3 Å². The molecule has 0 bridgehead atoms. The molecule has 0 saturated carbocycles. The highest BCUT2D eigenvalue weighted by atomic mass is 16.5. The molecule has 4 aromatic rings. The number of esters is 1. The molecule has 3 heterocycles. The first-order valence-electron chi connectivity index (χ1n) is 10.2. The highest BCUT2D eigenvalue weighted by molar-refractivity contribution is 5.90. The maximum Gasteiger partial charge on any atom is 0.341 e. The maximum absolute atomic E-state index is 11.6. The normalized spacial score (nSPS) is 13.3. The summed E-state index contributed by atoms with van der Waals surface area (Å²) in [5, 5.41) is 1.21. The number of aromatic amines is 1. The van der Waals surface area contributed by atoms with Crippen molar-refractivity contribution in [1.82, 2.24) is 15.0 Å². The van der Waals surface area contributed by atoms with E-state index in [0.717, 1.165) is 29.6 Å². The zero-order valence-corrected chi connectivity index (χ0v) is 17.3. The number of nitrogens with one attached hydrogen (secondary N) is 1. The van der Waals surface area contributed by atoms with Crippen LogP contribution in [0.25, 0.3) is 22.0 Å². The van der Waals surface area contributed by atoms with Crippen LogP contribution >= 0.6 is 0 Å². The zero-order chi connectivity index (χ0) is 21.4. The van der Waals surface area contributed by atoms with Crippen molar-refractivity contribution in [1.29, 1.82) is 0 Å². The van der Waals surface area contributed by atoms with Crippen molar-refractivity contribution >= 4 is 22.8 Å². The Labute approximate surface area is 179 Å². The first-order valence-corrected chi connectivity index (χ1v) is 10.2. The van der Waals surface area contributed by atoms with E-state index in [0.29, 0.717) is 24.6 Å². The van der Waals surface area contributed by atoms with Crippen LogP contribution in [0.2, 0.25) is 0 Å².